The molecule has 0 bridgehead atoms. The molecule has 0 aliphatic heterocycles. The van der Waals surface area contributed by atoms with Gasteiger partial charge in [0.25, 0.3) is 0 Å². The summed E-state index contributed by atoms with van der Waals surface area (Å²) in [6.45, 7) is 0.734. The number of rotatable bonds is 4. The highest BCUT2D eigenvalue weighted by molar-refractivity contribution is 7.78. The Morgan fingerprint density at radius 2 is 1.94 bits per heavy atom. The molecule has 4 heteroatoms. The molecular weight excluding hydrogens is 244 g/mol. The first-order chi connectivity index (χ1) is 8.83. The molecule has 90 valence electrons. The monoisotopic (exact) mass is 257 g/mol. The lowest BCUT2D eigenvalue weighted by Gasteiger charge is -2.01. The van der Waals surface area contributed by atoms with Gasteiger partial charge in [-0.1, -0.05) is 12.1 Å². The van der Waals surface area contributed by atoms with E-state index in [1.807, 2.05) is 53.4 Å². The first-order valence-electron chi connectivity index (χ1n) is 5.62. The number of aliphatic imine (C=N–C) groups is 1. The second kappa shape index (κ2) is 6.17. The Kier molecular flexibility index (Phi) is 4.31. The molecule has 0 unspecified atom stereocenters. The fraction of sp³-hybridized carbons (Fsp3) is 0.143. The van der Waals surface area contributed by atoms with Gasteiger partial charge >= 0.3 is 0 Å². The van der Waals surface area contributed by atoms with Crippen molar-refractivity contribution in [1.29, 1.82) is 0 Å². The third-order valence-electron chi connectivity index (χ3n) is 2.59. The minimum Gasteiger partial charge on any atom is -0.390 e. The minimum absolute atomic E-state index is 0.135. The van der Waals surface area contributed by atoms with Crippen molar-refractivity contribution in [2.45, 2.75) is 6.54 Å². The van der Waals surface area contributed by atoms with E-state index < -0.39 is 0 Å². The Morgan fingerprint density at radius 1 is 1.17 bits per heavy atom. The van der Waals surface area contributed by atoms with Crippen LogP contribution in [0.3, 0.4) is 0 Å². The summed E-state index contributed by atoms with van der Waals surface area (Å²) >= 11 is 4.56. The predicted octanol–water partition coefficient (Wildman–Crippen LogP) is 2.37. The molecule has 0 fully saturated rings. The molecule has 0 radical (unpaired) electrons. The Hall–Kier alpha value is -1.87. The SMILES string of the molecule is OCC[n+]1cccc(-c2ccc(N=C=S)cc2)c1. The van der Waals surface area contributed by atoms with E-state index in [1.165, 1.54) is 0 Å². The van der Waals surface area contributed by atoms with Crippen molar-refractivity contribution in [2.24, 2.45) is 4.99 Å². The van der Waals surface area contributed by atoms with Crippen LogP contribution in [0.25, 0.3) is 11.1 Å². The number of pyridine rings is 1. The molecule has 1 heterocycles. The zero-order valence-electron chi connectivity index (χ0n) is 9.78. The second-order valence-electron chi connectivity index (χ2n) is 3.80. The van der Waals surface area contributed by atoms with Gasteiger partial charge in [0.1, 0.15) is 6.61 Å². The van der Waals surface area contributed by atoms with Crippen molar-refractivity contribution in [2.75, 3.05) is 6.61 Å². The van der Waals surface area contributed by atoms with Crippen molar-refractivity contribution in [1.82, 2.24) is 0 Å². The van der Waals surface area contributed by atoms with Crippen molar-refractivity contribution in [3.05, 3.63) is 48.8 Å². The van der Waals surface area contributed by atoms with Gasteiger partial charge in [0.05, 0.1) is 10.8 Å². The lowest BCUT2D eigenvalue weighted by atomic mass is 10.1. The summed E-state index contributed by atoms with van der Waals surface area (Å²) in [7, 11) is 0. The summed E-state index contributed by atoms with van der Waals surface area (Å²) in [6, 6.07) is 11.8. The lowest BCUT2D eigenvalue weighted by molar-refractivity contribution is -0.697. The molecule has 0 atom stereocenters. The zero-order chi connectivity index (χ0) is 12.8. The quantitative estimate of drug-likeness (QED) is 0.518. The molecule has 0 aliphatic rings. The fourth-order valence-electron chi connectivity index (χ4n) is 1.73. The van der Waals surface area contributed by atoms with Crippen molar-refractivity contribution in [3.8, 4) is 11.1 Å². The number of aliphatic hydroxyl groups is 1. The average Bonchev–Trinajstić information content (AvgIpc) is 2.41. The van der Waals surface area contributed by atoms with E-state index >= 15 is 0 Å². The zero-order valence-corrected chi connectivity index (χ0v) is 10.6. The smallest absolute Gasteiger partial charge is 0.176 e. The highest BCUT2D eigenvalue weighted by Gasteiger charge is 2.04. The van der Waals surface area contributed by atoms with E-state index in [1.54, 1.807) is 0 Å². The van der Waals surface area contributed by atoms with Crippen LogP contribution in [0.15, 0.2) is 53.8 Å². The predicted molar refractivity (Wildman–Crippen MR) is 73.8 cm³/mol. The number of isothiocyanates is 1. The normalized spacial score (nSPS) is 9.83. The van der Waals surface area contributed by atoms with Crippen LogP contribution >= 0.6 is 12.2 Å². The molecule has 1 aromatic heterocycles. The Labute approximate surface area is 111 Å². The number of aromatic nitrogens is 1. The van der Waals surface area contributed by atoms with Gasteiger partial charge in [0.15, 0.2) is 18.9 Å². The molecule has 0 amide bonds. The molecule has 2 rings (SSSR count). The Bertz CT molecular complexity index is 575. The molecule has 2 aromatic rings. The van der Waals surface area contributed by atoms with Crippen LogP contribution in [0.1, 0.15) is 0 Å². The summed E-state index contributed by atoms with van der Waals surface area (Å²) in [6.07, 6.45) is 3.94. The third-order valence-corrected chi connectivity index (χ3v) is 2.68. The Morgan fingerprint density at radius 3 is 2.61 bits per heavy atom. The van der Waals surface area contributed by atoms with Gasteiger partial charge < -0.3 is 5.11 Å². The van der Waals surface area contributed by atoms with Crippen molar-refractivity contribution in [3.63, 3.8) is 0 Å². The maximum Gasteiger partial charge on any atom is 0.176 e. The van der Waals surface area contributed by atoms with Gasteiger partial charge in [-0.2, -0.15) is 4.99 Å². The maximum atomic E-state index is 8.93. The standard InChI is InChI=1S/C14H13N2OS/c17-9-8-16-7-1-2-13(10-16)12-3-5-14(6-4-12)15-11-18/h1-7,10,17H,8-9H2/q+1. The van der Waals surface area contributed by atoms with Gasteiger partial charge in [-0.25, -0.2) is 4.57 Å². The van der Waals surface area contributed by atoms with E-state index in [0.717, 1.165) is 16.8 Å². The van der Waals surface area contributed by atoms with Gasteiger partial charge in [-0.3, -0.25) is 0 Å². The fourth-order valence-corrected chi connectivity index (χ4v) is 1.83. The lowest BCUT2D eigenvalue weighted by Crippen LogP contribution is -2.34. The van der Waals surface area contributed by atoms with Crippen LogP contribution in [-0.4, -0.2) is 16.9 Å². The van der Waals surface area contributed by atoms with Crippen molar-refractivity contribution < 1.29 is 9.67 Å². The summed E-state index contributed by atoms with van der Waals surface area (Å²) < 4.78 is 1.96. The highest BCUT2D eigenvalue weighted by Crippen LogP contribution is 2.21. The van der Waals surface area contributed by atoms with E-state index in [0.29, 0.717) is 6.54 Å². The van der Waals surface area contributed by atoms with Gasteiger partial charge in [0, 0.05) is 11.6 Å². The number of thiocarbonyl (C=S) groups is 1. The third kappa shape index (κ3) is 3.08. The highest BCUT2D eigenvalue weighted by atomic mass is 32.1. The summed E-state index contributed by atoms with van der Waals surface area (Å²) in [4.78, 5) is 3.91. The first kappa shape index (κ1) is 12.6. The first-order valence-corrected chi connectivity index (χ1v) is 6.02. The summed E-state index contributed by atoms with van der Waals surface area (Å²) in [5, 5.41) is 11.3. The second-order valence-corrected chi connectivity index (χ2v) is 3.99. The molecule has 3 nitrogen and oxygen atoms in total. The largest absolute Gasteiger partial charge is 0.390 e. The van der Waals surface area contributed by atoms with E-state index in [4.69, 9.17) is 5.11 Å². The van der Waals surface area contributed by atoms with Crippen LogP contribution in [0.4, 0.5) is 5.69 Å². The van der Waals surface area contributed by atoms with E-state index in [9.17, 15) is 0 Å². The van der Waals surface area contributed by atoms with Crippen LogP contribution in [0, 0.1) is 0 Å². The van der Waals surface area contributed by atoms with Crippen molar-refractivity contribution >= 4 is 23.1 Å². The van der Waals surface area contributed by atoms with Gasteiger partial charge in [0.2, 0.25) is 0 Å². The van der Waals surface area contributed by atoms with Gasteiger partial charge in [-0.15, -0.1) is 0 Å². The van der Waals surface area contributed by atoms with Crippen LogP contribution in [0.2, 0.25) is 0 Å². The van der Waals surface area contributed by atoms with E-state index in [-0.39, 0.29) is 6.61 Å². The molecule has 0 spiro atoms. The molecule has 1 aromatic carbocycles. The van der Waals surface area contributed by atoms with Gasteiger partial charge in [-0.05, 0) is 36.0 Å². The van der Waals surface area contributed by atoms with E-state index in [2.05, 4.69) is 22.4 Å². The number of benzene rings is 1. The minimum atomic E-state index is 0.135. The van der Waals surface area contributed by atoms with Crippen LogP contribution in [-0.2, 0) is 6.54 Å². The maximum absolute atomic E-state index is 8.93. The summed E-state index contributed by atoms with van der Waals surface area (Å²) in [5.41, 5.74) is 3.00. The number of nitrogens with zero attached hydrogens (tertiary/aromatic N) is 2. The molecule has 0 saturated carbocycles. The van der Waals surface area contributed by atoms with Crippen LogP contribution < -0.4 is 4.57 Å². The summed E-state index contributed by atoms with van der Waals surface area (Å²) in [5.74, 6) is 0. The molecular formula is C14H13N2OS+. The topological polar surface area (TPSA) is 36.5 Å². The molecule has 18 heavy (non-hydrogen) atoms. The Balaban J connectivity index is 2.30. The molecule has 1 N–H and O–H groups in total. The molecule has 0 saturated heterocycles. The van der Waals surface area contributed by atoms with Crippen LogP contribution in [0.5, 0.6) is 0 Å². The number of hydrogen-bond donors (Lipinski definition) is 1. The number of hydrogen-bond acceptors (Lipinski definition) is 3. The average molecular weight is 257 g/mol. The number of aliphatic hydroxyl groups excluding tert-OH is 1. The molecule has 0 aliphatic carbocycles.